The summed E-state index contributed by atoms with van der Waals surface area (Å²) < 4.78 is 0. The molecule has 3 atom stereocenters. The van der Waals surface area contributed by atoms with E-state index in [0.29, 0.717) is 6.04 Å². The molecule has 0 aliphatic heterocycles. The van der Waals surface area contributed by atoms with Gasteiger partial charge in [-0.3, -0.25) is 0 Å². The summed E-state index contributed by atoms with van der Waals surface area (Å²) in [7, 11) is 2.14. The SMILES string of the molecule is CCC1CCC(C(Cc2c(C)cc(C)cc2C)NC)C1. The molecule has 1 saturated carbocycles. The van der Waals surface area contributed by atoms with Gasteiger partial charge in [-0.1, -0.05) is 37.5 Å². The molecule has 0 spiro atoms. The molecule has 20 heavy (non-hydrogen) atoms. The second-order valence-corrected chi connectivity index (χ2v) is 6.82. The molecular formula is C19H31N. The van der Waals surface area contributed by atoms with Crippen LogP contribution >= 0.6 is 0 Å². The van der Waals surface area contributed by atoms with Crippen LogP contribution in [-0.2, 0) is 6.42 Å². The number of hydrogen-bond acceptors (Lipinski definition) is 1. The Hall–Kier alpha value is -0.820. The first-order chi connectivity index (χ1) is 9.55. The molecule has 0 aromatic heterocycles. The minimum absolute atomic E-state index is 0.645. The second-order valence-electron chi connectivity index (χ2n) is 6.82. The molecule has 1 aromatic rings. The molecule has 1 aliphatic rings. The minimum atomic E-state index is 0.645. The van der Waals surface area contributed by atoms with Crippen LogP contribution < -0.4 is 5.32 Å². The molecule has 1 heteroatoms. The normalized spacial score (nSPS) is 24.1. The van der Waals surface area contributed by atoms with Crippen molar-refractivity contribution in [2.45, 2.75) is 65.8 Å². The van der Waals surface area contributed by atoms with E-state index in [1.54, 1.807) is 5.56 Å². The van der Waals surface area contributed by atoms with Crippen LogP contribution in [0, 0.1) is 32.6 Å². The van der Waals surface area contributed by atoms with E-state index >= 15 is 0 Å². The highest BCUT2D eigenvalue weighted by atomic mass is 14.9. The quantitative estimate of drug-likeness (QED) is 0.828. The van der Waals surface area contributed by atoms with Gasteiger partial charge in [-0.25, -0.2) is 0 Å². The van der Waals surface area contributed by atoms with Crippen molar-refractivity contribution in [3.05, 3.63) is 34.4 Å². The molecule has 112 valence electrons. The van der Waals surface area contributed by atoms with Crippen LogP contribution in [0.1, 0.15) is 54.9 Å². The summed E-state index contributed by atoms with van der Waals surface area (Å²) in [5, 5.41) is 3.61. The van der Waals surface area contributed by atoms with Crippen molar-refractivity contribution in [2.24, 2.45) is 11.8 Å². The van der Waals surface area contributed by atoms with E-state index in [4.69, 9.17) is 0 Å². The monoisotopic (exact) mass is 273 g/mol. The van der Waals surface area contributed by atoms with Crippen molar-refractivity contribution < 1.29 is 0 Å². The van der Waals surface area contributed by atoms with Crippen LogP contribution in [0.2, 0.25) is 0 Å². The van der Waals surface area contributed by atoms with Gasteiger partial charge in [0, 0.05) is 6.04 Å². The fourth-order valence-electron chi connectivity index (χ4n) is 4.11. The molecule has 2 rings (SSSR count). The summed E-state index contributed by atoms with van der Waals surface area (Å²) in [4.78, 5) is 0. The highest BCUT2D eigenvalue weighted by Crippen LogP contribution is 2.36. The number of hydrogen-bond donors (Lipinski definition) is 1. The maximum atomic E-state index is 3.61. The number of benzene rings is 1. The first kappa shape index (κ1) is 15.6. The highest BCUT2D eigenvalue weighted by molar-refractivity contribution is 5.38. The van der Waals surface area contributed by atoms with E-state index in [9.17, 15) is 0 Å². The topological polar surface area (TPSA) is 12.0 Å². The summed E-state index contributed by atoms with van der Waals surface area (Å²) in [5.74, 6) is 1.83. The van der Waals surface area contributed by atoms with Crippen molar-refractivity contribution in [2.75, 3.05) is 7.05 Å². The molecule has 1 nitrogen and oxygen atoms in total. The lowest BCUT2D eigenvalue weighted by Crippen LogP contribution is -2.35. The van der Waals surface area contributed by atoms with E-state index in [1.807, 2.05) is 0 Å². The zero-order chi connectivity index (χ0) is 14.7. The maximum absolute atomic E-state index is 3.61. The molecule has 3 unspecified atom stereocenters. The van der Waals surface area contributed by atoms with Crippen LogP contribution in [0.15, 0.2) is 12.1 Å². The molecule has 0 heterocycles. The fourth-order valence-corrected chi connectivity index (χ4v) is 4.11. The Bertz CT molecular complexity index is 426. The molecule has 1 aromatic carbocycles. The Balaban J connectivity index is 2.11. The highest BCUT2D eigenvalue weighted by Gasteiger charge is 2.29. The van der Waals surface area contributed by atoms with Gasteiger partial charge in [0.25, 0.3) is 0 Å². The summed E-state index contributed by atoms with van der Waals surface area (Å²) in [5.41, 5.74) is 5.88. The Morgan fingerprint density at radius 2 is 1.80 bits per heavy atom. The lowest BCUT2D eigenvalue weighted by Gasteiger charge is -2.25. The van der Waals surface area contributed by atoms with Crippen molar-refractivity contribution in [1.29, 1.82) is 0 Å². The number of likely N-dealkylation sites (N-methyl/N-ethyl adjacent to an activating group) is 1. The third-order valence-electron chi connectivity index (χ3n) is 5.36. The third-order valence-corrected chi connectivity index (χ3v) is 5.36. The van der Waals surface area contributed by atoms with Crippen molar-refractivity contribution in [1.82, 2.24) is 5.32 Å². The van der Waals surface area contributed by atoms with Gasteiger partial charge in [0.1, 0.15) is 0 Å². The molecule has 0 amide bonds. The van der Waals surface area contributed by atoms with E-state index in [1.165, 1.54) is 48.8 Å². The molecule has 0 radical (unpaired) electrons. The molecule has 0 bridgehead atoms. The Morgan fingerprint density at radius 3 is 2.30 bits per heavy atom. The Kier molecular flexibility index (Phi) is 5.26. The largest absolute Gasteiger partial charge is 0.316 e. The maximum Gasteiger partial charge on any atom is 0.0133 e. The van der Waals surface area contributed by atoms with Gasteiger partial charge in [0.2, 0.25) is 0 Å². The lowest BCUT2D eigenvalue weighted by atomic mass is 9.87. The molecule has 1 aliphatic carbocycles. The van der Waals surface area contributed by atoms with E-state index in [2.05, 4.69) is 52.2 Å². The van der Waals surface area contributed by atoms with Crippen molar-refractivity contribution >= 4 is 0 Å². The Labute approximate surface area is 125 Å². The van der Waals surface area contributed by atoms with Crippen LogP contribution in [0.3, 0.4) is 0 Å². The van der Waals surface area contributed by atoms with E-state index in [-0.39, 0.29) is 0 Å². The van der Waals surface area contributed by atoms with Crippen LogP contribution in [0.25, 0.3) is 0 Å². The van der Waals surface area contributed by atoms with E-state index in [0.717, 1.165) is 11.8 Å². The predicted octanol–water partition coefficient (Wildman–Crippen LogP) is 4.57. The van der Waals surface area contributed by atoms with Gasteiger partial charge in [-0.2, -0.15) is 0 Å². The minimum Gasteiger partial charge on any atom is -0.316 e. The summed E-state index contributed by atoms with van der Waals surface area (Å²) in [6.45, 7) is 9.08. The van der Waals surface area contributed by atoms with Crippen LogP contribution in [0.5, 0.6) is 0 Å². The van der Waals surface area contributed by atoms with Crippen molar-refractivity contribution in [3.8, 4) is 0 Å². The van der Waals surface area contributed by atoms with Gasteiger partial charge in [0.05, 0.1) is 0 Å². The molecular weight excluding hydrogens is 242 g/mol. The molecule has 0 saturated heterocycles. The Morgan fingerprint density at radius 1 is 1.15 bits per heavy atom. The second kappa shape index (κ2) is 6.76. The number of aryl methyl sites for hydroxylation is 3. The molecule has 1 fully saturated rings. The lowest BCUT2D eigenvalue weighted by molar-refractivity contribution is 0.361. The van der Waals surface area contributed by atoms with Crippen molar-refractivity contribution in [3.63, 3.8) is 0 Å². The average molecular weight is 273 g/mol. The zero-order valence-corrected chi connectivity index (χ0v) is 13.9. The van der Waals surface area contributed by atoms with Gasteiger partial charge in [-0.05, 0) is 75.6 Å². The first-order valence-corrected chi connectivity index (χ1v) is 8.29. The van der Waals surface area contributed by atoms with Crippen LogP contribution in [-0.4, -0.2) is 13.1 Å². The number of rotatable bonds is 5. The fraction of sp³-hybridized carbons (Fsp3) is 0.684. The summed E-state index contributed by atoms with van der Waals surface area (Å²) in [6, 6.07) is 5.31. The summed E-state index contributed by atoms with van der Waals surface area (Å²) in [6.07, 6.45) is 6.82. The number of nitrogens with one attached hydrogen (secondary N) is 1. The van der Waals surface area contributed by atoms with Gasteiger partial charge < -0.3 is 5.32 Å². The van der Waals surface area contributed by atoms with Crippen LogP contribution in [0.4, 0.5) is 0 Å². The van der Waals surface area contributed by atoms with Gasteiger partial charge >= 0.3 is 0 Å². The summed E-state index contributed by atoms with van der Waals surface area (Å²) >= 11 is 0. The smallest absolute Gasteiger partial charge is 0.0133 e. The van der Waals surface area contributed by atoms with Gasteiger partial charge in [0.15, 0.2) is 0 Å². The predicted molar refractivity (Wildman–Crippen MR) is 88.3 cm³/mol. The third kappa shape index (κ3) is 3.44. The average Bonchev–Trinajstić information content (AvgIpc) is 2.86. The first-order valence-electron chi connectivity index (χ1n) is 8.29. The zero-order valence-electron chi connectivity index (χ0n) is 13.9. The molecule has 1 N–H and O–H groups in total. The van der Waals surface area contributed by atoms with E-state index < -0.39 is 0 Å². The van der Waals surface area contributed by atoms with Gasteiger partial charge in [-0.15, -0.1) is 0 Å². The standard InChI is InChI=1S/C19H31N/c1-6-16-7-8-17(11-16)19(20-5)12-18-14(3)9-13(2)10-15(18)4/h9-10,16-17,19-20H,6-8,11-12H2,1-5H3.